The van der Waals surface area contributed by atoms with Crippen LogP contribution in [0.3, 0.4) is 0 Å². The third kappa shape index (κ3) is 7.84. The standard InChI is InChI=1S/C23H27Cl2IN2O3/c1-5-20(22(30)27-23(2,3)4)28(13-17-18(24)7-6-8-19(17)25)21(29)14-31-16-11-9-15(26)10-12-16/h6-12,20H,5,13-14H2,1-4H3,(H,27,30)/t20-/m1/s1. The first-order chi connectivity index (χ1) is 14.5. The smallest absolute Gasteiger partial charge is 0.261 e. The fourth-order valence-electron chi connectivity index (χ4n) is 2.98. The van der Waals surface area contributed by atoms with E-state index >= 15 is 0 Å². The molecule has 0 unspecified atom stereocenters. The van der Waals surface area contributed by atoms with Gasteiger partial charge in [0.2, 0.25) is 5.91 Å². The number of amides is 2. The molecular formula is C23H27Cl2IN2O3. The highest BCUT2D eigenvalue weighted by Crippen LogP contribution is 2.27. The minimum Gasteiger partial charge on any atom is -0.484 e. The van der Waals surface area contributed by atoms with E-state index in [-0.39, 0.29) is 25.0 Å². The van der Waals surface area contributed by atoms with Crippen LogP contribution in [0.2, 0.25) is 10.0 Å². The number of nitrogens with zero attached hydrogens (tertiary/aromatic N) is 1. The maximum Gasteiger partial charge on any atom is 0.261 e. The Morgan fingerprint density at radius 1 is 1.10 bits per heavy atom. The first kappa shape index (κ1) is 25.7. The summed E-state index contributed by atoms with van der Waals surface area (Å²) in [4.78, 5) is 27.7. The molecule has 0 spiro atoms. The van der Waals surface area contributed by atoms with Crippen LogP contribution in [0, 0.1) is 3.57 Å². The summed E-state index contributed by atoms with van der Waals surface area (Å²) < 4.78 is 6.75. The molecule has 0 saturated heterocycles. The minimum atomic E-state index is -0.695. The molecule has 2 amide bonds. The van der Waals surface area contributed by atoms with Gasteiger partial charge in [-0.2, -0.15) is 0 Å². The summed E-state index contributed by atoms with van der Waals surface area (Å²) in [5.41, 5.74) is 0.161. The maximum atomic E-state index is 13.2. The fourth-order valence-corrected chi connectivity index (χ4v) is 3.86. The van der Waals surface area contributed by atoms with Crippen molar-refractivity contribution >= 4 is 57.6 Å². The summed E-state index contributed by atoms with van der Waals surface area (Å²) >= 11 is 14.9. The van der Waals surface area contributed by atoms with Crippen molar-refractivity contribution in [1.82, 2.24) is 10.2 Å². The minimum absolute atomic E-state index is 0.101. The van der Waals surface area contributed by atoms with Gasteiger partial charge < -0.3 is 15.0 Å². The Kier molecular flexibility index (Phi) is 9.45. The zero-order valence-corrected chi connectivity index (χ0v) is 21.7. The number of halogens is 3. The Morgan fingerprint density at radius 3 is 2.19 bits per heavy atom. The molecule has 2 aromatic rings. The first-order valence-electron chi connectivity index (χ1n) is 9.94. The number of rotatable bonds is 8. The second-order valence-corrected chi connectivity index (χ2v) is 10.2. The molecule has 1 atom stereocenters. The number of hydrogen-bond acceptors (Lipinski definition) is 3. The molecule has 8 heteroatoms. The van der Waals surface area contributed by atoms with Crippen molar-refractivity contribution < 1.29 is 14.3 Å². The van der Waals surface area contributed by atoms with Gasteiger partial charge in [0.15, 0.2) is 6.61 Å². The lowest BCUT2D eigenvalue weighted by atomic mass is 10.1. The number of carbonyl (C=O) groups is 2. The van der Waals surface area contributed by atoms with Gasteiger partial charge in [0.25, 0.3) is 5.91 Å². The third-order valence-electron chi connectivity index (χ3n) is 4.45. The van der Waals surface area contributed by atoms with Crippen molar-refractivity contribution in [2.45, 2.75) is 52.2 Å². The largest absolute Gasteiger partial charge is 0.484 e. The van der Waals surface area contributed by atoms with E-state index in [1.165, 1.54) is 4.90 Å². The maximum absolute atomic E-state index is 13.2. The van der Waals surface area contributed by atoms with Crippen molar-refractivity contribution in [3.63, 3.8) is 0 Å². The molecule has 0 aliphatic heterocycles. The van der Waals surface area contributed by atoms with Crippen molar-refractivity contribution in [2.75, 3.05) is 6.61 Å². The molecule has 0 aromatic heterocycles. The average Bonchev–Trinajstić information content (AvgIpc) is 2.68. The van der Waals surface area contributed by atoms with Crippen LogP contribution < -0.4 is 10.1 Å². The van der Waals surface area contributed by atoms with Crippen LogP contribution in [0.15, 0.2) is 42.5 Å². The first-order valence-corrected chi connectivity index (χ1v) is 11.8. The second kappa shape index (κ2) is 11.4. The SMILES string of the molecule is CC[C@H](C(=O)NC(C)(C)C)N(Cc1c(Cl)cccc1Cl)C(=O)COc1ccc(I)cc1. The summed E-state index contributed by atoms with van der Waals surface area (Å²) in [5.74, 6) is 0.0166. The van der Waals surface area contributed by atoms with E-state index in [0.717, 1.165) is 3.57 Å². The fraction of sp³-hybridized carbons (Fsp3) is 0.391. The zero-order valence-electron chi connectivity index (χ0n) is 18.0. The summed E-state index contributed by atoms with van der Waals surface area (Å²) in [6, 6.07) is 11.9. The highest BCUT2D eigenvalue weighted by molar-refractivity contribution is 14.1. The molecular weight excluding hydrogens is 550 g/mol. The van der Waals surface area contributed by atoms with Crippen molar-refractivity contribution in [1.29, 1.82) is 0 Å². The second-order valence-electron chi connectivity index (χ2n) is 8.13. The lowest BCUT2D eigenvalue weighted by molar-refractivity contribution is -0.143. The number of ether oxygens (including phenoxy) is 1. The normalized spacial score (nSPS) is 12.2. The molecule has 2 rings (SSSR count). The van der Waals surface area contributed by atoms with Crippen LogP contribution in [-0.4, -0.2) is 34.9 Å². The van der Waals surface area contributed by atoms with Crippen LogP contribution in [0.1, 0.15) is 39.7 Å². The van der Waals surface area contributed by atoms with Crippen LogP contribution >= 0.6 is 45.8 Å². The van der Waals surface area contributed by atoms with E-state index < -0.39 is 11.6 Å². The topological polar surface area (TPSA) is 58.6 Å². The number of benzene rings is 2. The monoisotopic (exact) mass is 576 g/mol. The molecule has 0 aliphatic carbocycles. The lowest BCUT2D eigenvalue weighted by Crippen LogP contribution is -2.54. The molecule has 2 aromatic carbocycles. The Labute approximate surface area is 207 Å². The van der Waals surface area contributed by atoms with Gasteiger partial charge in [-0.1, -0.05) is 36.2 Å². The van der Waals surface area contributed by atoms with Gasteiger partial charge in [0, 0.05) is 31.3 Å². The Hall–Kier alpha value is -1.51. The Bertz CT molecular complexity index is 894. The van der Waals surface area contributed by atoms with E-state index in [0.29, 0.717) is 27.8 Å². The van der Waals surface area contributed by atoms with Crippen LogP contribution in [0.5, 0.6) is 5.75 Å². The highest BCUT2D eigenvalue weighted by atomic mass is 127. The molecule has 0 fully saturated rings. The Morgan fingerprint density at radius 2 is 1.68 bits per heavy atom. The third-order valence-corrected chi connectivity index (χ3v) is 5.88. The Balaban J connectivity index is 2.29. The van der Waals surface area contributed by atoms with Gasteiger partial charge in [0.1, 0.15) is 11.8 Å². The van der Waals surface area contributed by atoms with Gasteiger partial charge in [-0.05, 0) is 86.2 Å². The summed E-state index contributed by atoms with van der Waals surface area (Å²) in [5, 5.41) is 3.84. The van der Waals surface area contributed by atoms with Gasteiger partial charge >= 0.3 is 0 Å². The highest BCUT2D eigenvalue weighted by Gasteiger charge is 2.31. The number of hydrogen-bond donors (Lipinski definition) is 1. The molecule has 168 valence electrons. The van der Waals surface area contributed by atoms with Crippen molar-refractivity contribution in [3.8, 4) is 5.75 Å². The molecule has 0 bridgehead atoms. The van der Waals surface area contributed by atoms with Crippen molar-refractivity contribution in [3.05, 3.63) is 61.6 Å². The molecule has 0 radical (unpaired) electrons. The van der Waals surface area contributed by atoms with Crippen LogP contribution in [-0.2, 0) is 16.1 Å². The summed E-state index contributed by atoms with van der Waals surface area (Å²) in [6.45, 7) is 7.45. The number of carbonyl (C=O) groups excluding carboxylic acids is 2. The van der Waals surface area contributed by atoms with E-state index in [9.17, 15) is 9.59 Å². The van der Waals surface area contributed by atoms with Crippen LogP contribution in [0.4, 0.5) is 0 Å². The predicted octanol–water partition coefficient (Wildman–Crippen LogP) is 5.70. The quantitative estimate of drug-likeness (QED) is 0.410. The van der Waals surface area contributed by atoms with Gasteiger partial charge in [-0.3, -0.25) is 9.59 Å². The summed E-state index contributed by atoms with van der Waals surface area (Å²) in [6.07, 6.45) is 0.430. The molecule has 31 heavy (non-hydrogen) atoms. The average molecular weight is 577 g/mol. The summed E-state index contributed by atoms with van der Waals surface area (Å²) in [7, 11) is 0. The number of nitrogens with one attached hydrogen (secondary N) is 1. The lowest BCUT2D eigenvalue weighted by Gasteiger charge is -2.33. The van der Waals surface area contributed by atoms with Gasteiger partial charge in [-0.25, -0.2) is 0 Å². The van der Waals surface area contributed by atoms with Crippen molar-refractivity contribution in [2.24, 2.45) is 0 Å². The van der Waals surface area contributed by atoms with E-state index in [4.69, 9.17) is 27.9 Å². The molecule has 1 N–H and O–H groups in total. The molecule has 5 nitrogen and oxygen atoms in total. The molecule has 0 heterocycles. The molecule has 0 saturated carbocycles. The van der Waals surface area contributed by atoms with Gasteiger partial charge in [-0.15, -0.1) is 0 Å². The zero-order chi connectivity index (χ0) is 23.2. The van der Waals surface area contributed by atoms with E-state index in [1.807, 2.05) is 39.8 Å². The molecule has 0 aliphatic rings. The van der Waals surface area contributed by atoms with Crippen LogP contribution in [0.25, 0.3) is 0 Å². The van der Waals surface area contributed by atoms with E-state index in [1.54, 1.807) is 30.3 Å². The van der Waals surface area contributed by atoms with E-state index in [2.05, 4.69) is 27.9 Å². The predicted molar refractivity (Wildman–Crippen MR) is 134 cm³/mol. The van der Waals surface area contributed by atoms with Gasteiger partial charge in [0.05, 0.1) is 0 Å².